The van der Waals surface area contributed by atoms with Crippen LogP contribution in [-0.4, -0.2) is 14.9 Å². The van der Waals surface area contributed by atoms with E-state index in [-0.39, 0.29) is 22.2 Å². The third-order valence-electron chi connectivity index (χ3n) is 4.70. The predicted octanol–water partition coefficient (Wildman–Crippen LogP) is 4.34. The number of anilines is 1. The predicted molar refractivity (Wildman–Crippen MR) is 106 cm³/mol. The molecule has 0 radical (unpaired) electrons. The molecule has 2 aromatic carbocycles. The lowest BCUT2D eigenvalue weighted by Crippen LogP contribution is -2.27. The van der Waals surface area contributed by atoms with Crippen LogP contribution in [0.5, 0.6) is 0 Å². The number of aryl methyl sites for hydroxylation is 1. The van der Waals surface area contributed by atoms with Crippen molar-refractivity contribution in [1.82, 2.24) is 14.9 Å². The summed E-state index contributed by atoms with van der Waals surface area (Å²) in [5.74, 6) is -0.473. The quantitative estimate of drug-likeness (QED) is 0.518. The topological polar surface area (TPSA) is 86.9 Å². The molecule has 0 aliphatic rings. The molecule has 0 amide bonds. The Balaban J connectivity index is 2.01. The standard InChI is InChI=1S/C20H16ClFN4O2/c1-10-17-19(28-25-10)18(15-9-14(22)7-8-16(15)23)24-26(20(17)27)11(2)12-3-5-13(21)6-4-12/h3-9,11H,23H2,1-2H3. The molecule has 0 aliphatic heterocycles. The summed E-state index contributed by atoms with van der Waals surface area (Å²) in [6.45, 7) is 3.51. The van der Waals surface area contributed by atoms with Gasteiger partial charge in [-0.15, -0.1) is 0 Å². The summed E-state index contributed by atoms with van der Waals surface area (Å²) in [7, 11) is 0. The Hall–Kier alpha value is -3.19. The summed E-state index contributed by atoms with van der Waals surface area (Å²) in [5.41, 5.74) is 8.04. The molecular formula is C20H16ClFN4O2. The number of fused-ring (bicyclic) bond motifs is 1. The Labute approximate surface area is 164 Å². The molecule has 28 heavy (non-hydrogen) atoms. The summed E-state index contributed by atoms with van der Waals surface area (Å²) in [5, 5.41) is 9.25. The zero-order chi connectivity index (χ0) is 20.0. The molecule has 8 heteroatoms. The van der Waals surface area contributed by atoms with Crippen LogP contribution in [0, 0.1) is 12.7 Å². The second-order valence-corrected chi connectivity index (χ2v) is 6.97. The summed E-state index contributed by atoms with van der Waals surface area (Å²) >= 11 is 5.96. The molecule has 2 N–H and O–H groups in total. The van der Waals surface area contributed by atoms with Gasteiger partial charge in [0.2, 0.25) is 5.58 Å². The van der Waals surface area contributed by atoms with Crippen molar-refractivity contribution in [3.63, 3.8) is 0 Å². The van der Waals surface area contributed by atoms with Crippen LogP contribution >= 0.6 is 11.6 Å². The maximum absolute atomic E-state index is 13.9. The van der Waals surface area contributed by atoms with Crippen LogP contribution in [0.15, 0.2) is 51.8 Å². The fraction of sp³-hybridized carbons (Fsp3) is 0.150. The highest BCUT2D eigenvalue weighted by Crippen LogP contribution is 2.32. The molecule has 142 valence electrons. The van der Waals surface area contributed by atoms with E-state index in [1.807, 2.05) is 19.1 Å². The number of hydrogen-bond acceptors (Lipinski definition) is 5. The van der Waals surface area contributed by atoms with Gasteiger partial charge in [0.25, 0.3) is 5.56 Å². The van der Waals surface area contributed by atoms with Crippen molar-refractivity contribution in [2.45, 2.75) is 19.9 Å². The Bertz CT molecular complexity index is 1250. The van der Waals surface area contributed by atoms with Gasteiger partial charge in [-0.2, -0.15) is 5.10 Å². The highest BCUT2D eigenvalue weighted by atomic mass is 35.5. The van der Waals surface area contributed by atoms with E-state index in [1.165, 1.54) is 22.9 Å². The minimum atomic E-state index is -0.473. The summed E-state index contributed by atoms with van der Waals surface area (Å²) < 4.78 is 20.5. The van der Waals surface area contributed by atoms with E-state index in [2.05, 4.69) is 10.3 Å². The molecule has 6 nitrogen and oxygen atoms in total. The molecule has 4 rings (SSSR count). The molecule has 2 heterocycles. The lowest BCUT2D eigenvalue weighted by molar-refractivity contribution is 0.448. The largest absolute Gasteiger partial charge is 0.398 e. The molecule has 0 aliphatic carbocycles. The Morgan fingerprint density at radius 3 is 2.64 bits per heavy atom. The van der Waals surface area contributed by atoms with Crippen LogP contribution in [0.25, 0.3) is 22.2 Å². The van der Waals surface area contributed by atoms with Gasteiger partial charge in [0.05, 0.1) is 11.7 Å². The molecule has 0 bridgehead atoms. The Morgan fingerprint density at radius 2 is 1.93 bits per heavy atom. The molecular weight excluding hydrogens is 383 g/mol. The van der Waals surface area contributed by atoms with Crippen LogP contribution in [0.4, 0.5) is 10.1 Å². The number of hydrogen-bond donors (Lipinski definition) is 1. The molecule has 0 saturated heterocycles. The molecule has 2 aromatic heterocycles. The van der Waals surface area contributed by atoms with E-state index in [1.54, 1.807) is 19.1 Å². The molecule has 0 saturated carbocycles. The first kappa shape index (κ1) is 18.2. The van der Waals surface area contributed by atoms with Gasteiger partial charge < -0.3 is 10.3 Å². The molecule has 1 unspecified atom stereocenters. The normalized spacial score (nSPS) is 12.4. The van der Waals surface area contributed by atoms with Crippen molar-refractivity contribution >= 4 is 28.3 Å². The molecule has 1 atom stereocenters. The number of rotatable bonds is 3. The second-order valence-electron chi connectivity index (χ2n) is 6.53. The molecule has 4 aromatic rings. The van der Waals surface area contributed by atoms with Crippen LogP contribution < -0.4 is 11.3 Å². The van der Waals surface area contributed by atoms with Crippen molar-refractivity contribution < 1.29 is 8.91 Å². The highest BCUT2D eigenvalue weighted by Gasteiger charge is 2.23. The Morgan fingerprint density at radius 1 is 1.21 bits per heavy atom. The van der Waals surface area contributed by atoms with Crippen LogP contribution in [0.3, 0.4) is 0 Å². The van der Waals surface area contributed by atoms with Gasteiger partial charge in [-0.3, -0.25) is 4.79 Å². The zero-order valence-corrected chi connectivity index (χ0v) is 15.9. The number of halogens is 2. The van der Waals surface area contributed by atoms with Gasteiger partial charge >= 0.3 is 0 Å². The van der Waals surface area contributed by atoms with Gasteiger partial charge in [-0.05, 0) is 49.7 Å². The third kappa shape index (κ3) is 2.93. The Kier molecular flexibility index (Phi) is 4.39. The SMILES string of the molecule is Cc1noc2c(-c3cc(F)ccc3N)nn(C(C)c3ccc(Cl)cc3)c(=O)c12. The van der Waals surface area contributed by atoms with Crippen molar-refractivity contribution in [3.8, 4) is 11.3 Å². The van der Waals surface area contributed by atoms with E-state index in [0.717, 1.165) is 5.56 Å². The van der Waals surface area contributed by atoms with Crippen LogP contribution in [-0.2, 0) is 0 Å². The zero-order valence-electron chi connectivity index (χ0n) is 15.1. The maximum Gasteiger partial charge on any atom is 0.280 e. The fourth-order valence-corrected chi connectivity index (χ4v) is 3.28. The van der Waals surface area contributed by atoms with E-state index in [4.69, 9.17) is 21.9 Å². The smallest absolute Gasteiger partial charge is 0.280 e. The monoisotopic (exact) mass is 398 g/mol. The second kappa shape index (κ2) is 6.76. The highest BCUT2D eigenvalue weighted by molar-refractivity contribution is 6.30. The molecule has 0 fully saturated rings. The van der Waals surface area contributed by atoms with Gasteiger partial charge in [-0.1, -0.05) is 28.9 Å². The number of nitrogens with two attached hydrogens (primary N) is 1. The number of nitrogen functional groups attached to an aromatic ring is 1. The summed E-state index contributed by atoms with van der Waals surface area (Å²) in [6, 6.07) is 10.7. The number of aromatic nitrogens is 3. The van der Waals surface area contributed by atoms with Crippen molar-refractivity contribution in [3.05, 3.63) is 74.9 Å². The minimum Gasteiger partial charge on any atom is -0.398 e. The number of benzene rings is 2. The van der Waals surface area contributed by atoms with E-state index < -0.39 is 11.9 Å². The van der Waals surface area contributed by atoms with Gasteiger partial charge in [0.1, 0.15) is 16.9 Å². The first-order chi connectivity index (χ1) is 13.4. The van der Waals surface area contributed by atoms with Crippen LogP contribution in [0.2, 0.25) is 5.02 Å². The van der Waals surface area contributed by atoms with Crippen LogP contribution in [0.1, 0.15) is 24.2 Å². The summed E-state index contributed by atoms with van der Waals surface area (Å²) in [4.78, 5) is 13.1. The summed E-state index contributed by atoms with van der Waals surface area (Å²) in [6.07, 6.45) is 0. The maximum atomic E-state index is 13.9. The lowest BCUT2D eigenvalue weighted by atomic mass is 10.1. The van der Waals surface area contributed by atoms with E-state index in [9.17, 15) is 9.18 Å². The minimum absolute atomic E-state index is 0.180. The lowest BCUT2D eigenvalue weighted by Gasteiger charge is -2.16. The number of nitrogens with zero attached hydrogens (tertiary/aromatic N) is 3. The van der Waals surface area contributed by atoms with Gasteiger partial charge in [-0.25, -0.2) is 9.07 Å². The third-order valence-corrected chi connectivity index (χ3v) is 4.95. The molecule has 0 spiro atoms. The van der Waals surface area contributed by atoms with Crippen molar-refractivity contribution in [2.75, 3.05) is 5.73 Å². The average Bonchev–Trinajstić information content (AvgIpc) is 3.07. The average molecular weight is 399 g/mol. The first-order valence-electron chi connectivity index (χ1n) is 8.56. The van der Waals surface area contributed by atoms with E-state index in [0.29, 0.717) is 22.0 Å². The van der Waals surface area contributed by atoms with Crippen molar-refractivity contribution in [2.24, 2.45) is 0 Å². The van der Waals surface area contributed by atoms with Gasteiger partial charge in [0.15, 0.2) is 0 Å². The fourth-order valence-electron chi connectivity index (χ4n) is 3.15. The first-order valence-corrected chi connectivity index (χ1v) is 8.94. The van der Waals surface area contributed by atoms with Crippen molar-refractivity contribution in [1.29, 1.82) is 0 Å². The van der Waals surface area contributed by atoms with Gasteiger partial charge in [0, 0.05) is 16.3 Å². The van der Waals surface area contributed by atoms with E-state index >= 15 is 0 Å².